The number of carbonyl (C=O) groups excluding carboxylic acids is 4. The van der Waals surface area contributed by atoms with Gasteiger partial charge in [0, 0.05) is 73.5 Å². The number of halogens is 1. The number of nitro benzene ring substituents is 1. The van der Waals surface area contributed by atoms with E-state index < -0.39 is 39.8 Å². The molecule has 8 N–H and O–H groups in total. The zero-order valence-corrected chi connectivity index (χ0v) is 41.5. The van der Waals surface area contributed by atoms with Gasteiger partial charge in [0.15, 0.2) is 23.5 Å². The molecule has 4 fully saturated rings. The SMILES string of the molecule is C=O.CC(=O)OCC1CC12COC(C)(C)O2.CC1(C)OCC(CCCO)O1.CC1(C)OCC(CCCOC(=O)c2ccc([N+](=O)[O-])cc2)O1.N.O=C(Cl)OC#CC#CC#COO.OCCCC(O)CO.[H+]. The van der Waals surface area contributed by atoms with Crippen molar-refractivity contribution in [1.29, 1.82) is 0 Å². The first-order valence-corrected chi connectivity index (χ1v) is 21.9. The molecule has 396 valence electrons. The Balaban J connectivity index is -0.000000835. The van der Waals surface area contributed by atoms with Crippen LogP contribution in [0.3, 0.4) is 0 Å². The first-order valence-electron chi connectivity index (χ1n) is 21.5. The van der Waals surface area contributed by atoms with Crippen LogP contribution in [0.4, 0.5) is 10.5 Å². The molecule has 1 spiro atoms. The maximum Gasteiger partial charge on any atom is 1.00 e. The number of hydrogen-bond donors (Lipinski definition) is 6. The van der Waals surface area contributed by atoms with Crippen LogP contribution < -0.4 is 6.15 Å². The number of esters is 2. The Kier molecular flexibility index (Phi) is 34.5. The molecule has 0 radical (unpaired) electrons. The van der Waals surface area contributed by atoms with Crippen molar-refractivity contribution in [3.8, 4) is 35.9 Å². The molecular formula is C46H70ClN2O21+. The second kappa shape index (κ2) is 36.0. The van der Waals surface area contributed by atoms with Crippen molar-refractivity contribution in [1.82, 2.24) is 6.15 Å². The van der Waals surface area contributed by atoms with E-state index >= 15 is 0 Å². The van der Waals surface area contributed by atoms with Gasteiger partial charge < -0.3 is 74.0 Å². The Morgan fingerprint density at radius 3 is 1.83 bits per heavy atom. The van der Waals surface area contributed by atoms with Crippen LogP contribution in [0.25, 0.3) is 0 Å². The Morgan fingerprint density at radius 2 is 1.40 bits per heavy atom. The zero-order valence-electron chi connectivity index (χ0n) is 41.7. The van der Waals surface area contributed by atoms with Crippen molar-refractivity contribution in [3.63, 3.8) is 0 Å². The first-order chi connectivity index (χ1) is 32.5. The number of aliphatic hydroxyl groups excluding tert-OH is 4. The summed E-state index contributed by atoms with van der Waals surface area (Å²) in [5, 5.41) is 51.8. The summed E-state index contributed by atoms with van der Waals surface area (Å²) in [4.78, 5) is 53.7. The molecule has 3 aliphatic heterocycles. The molecule has 5 unspecified atom stereocenters. The number of nitro groups is 1. The molecule has 23 nitrogen and oxygen atoms in total. The van der Waals surface area contributed by atoms with Crippen molar-refractivity contribution < 1.29 is 98.7 Å². The second-order valence-electron chi connectivity index (χ2n) is 16.2. The fourth-order valence-electron chi connectivity index (χ4n) is 5.96. The van der Waals surface area contributed by atoms with E-state index in [0.717, 1.165) is 25.7 Å². The minimum absolute atomic E-state index is 0. The Bertz CT molecular complexity index is 1890. The number of nitrogens with zero attached hydrogens (tertiary/aromatic N) is 1. The third-order valence-corrected chi connectivity index (χ3v) is 9.26. The third-order valence-electron chi connectivity index (χ3n) is 9.19. The molecule has 4 aliphatic rings. The lowest BCUT2D eigenvalue weighted by molar-refractivity contribution is -0.384. The number of benzene rings is 1. The van der Waals surface area contributed by atoms with Gasteiger partial charge in [-0.2, -0.15) is 5.26 Å². The van der Waals surface area contributed by atoms with Gasteiger partial charge in [-0.05, 0) is 98.6 Å². The van der Waals surface area contributed by atoms with Gasteiger partial charge in [-0.25, -0.2) is 9.59 Å². The van der Waals surface area contributed by atoms with Gasteiger partial charge >= 0.3 is 18.8 Å². The van der Waals surface area contributed by atoms with Gasteiger partial charge in [-0.3, -0.25) is 19.8 Å². The maximum atomic E-state index is 11.8. The van der Waals surface area contributed by atoms with Crippen LogP contribution in [0, 0.1) is 51.9 Å². The lowest BCUT2D eigenvalue weighted by atomic mass is 10.2. The molecule has 3 heterocycles. The molecule has 1 aromatic carbocycles. The van der Waals surface area contributed by atoms with Gasteiger partial charge in [0.25, 0.3) is 5.69 Å². The van der Waals surface area contributed by atoms with Crippen LogP contribution in [0.2, 0.25) is 0 Å². The molecule has 0 amide bonds. The van der Waals surface area contributed by atoms with Crippen molar-refractivity contribution in [3.05, 3.63) is 39.9 Å². The summed E-state index contributed by atoms with van der Waals surface area (Å²) in [6, 6.07) is 5.33. The quantitative estimate of drug-likeness (QED) is 0.0203. The molecule has 1 aromatic rings. The highest BCUT2D eigenvalue weighted by Crippen LogP contribution is 2.53. The van der Waals surface area contributed by atoms with Crippen LogP contribution in [0.1, 0.15) is 105 Å². The monoisotopic (exact) mass is 1020 g/mol. The Morgan fingerprint density at radius 1 is 0.857 bits per heavy atom. The minimum Gasteiger partial charge on any atom is -0.465 e. The highest BCUT2D eigenvalue weighted by molar-refractivity contribution is 6.61. The van der Waals surface area contributed by atoms with E-state index in [1.54, 1.807) is 6.11 Å². The number of non-ortho nitro benzene ring substituents is 1. The average molecular weight is 1020 g/mol. The van der Waals surface area contributed by atoms with Crippen molar-refractivity contribution in [2.45, 2.75) is 135 Å². The first kappa shape index (κ1) is 67.1. The van der Waals surface area contributed by atoms with Gasteiger partial charge in [-0.15, -0.1) is 0 Å². The molecule has 3 saturated heterocycles. The largest absolute Gasteiger partial charge is 1.00 e. The number of ether oxygens (including phenoxy) is 9. The second-order valence-corrected chi connectivity index (χ2v) is 16.6. The van der Waals surface area contributed by atoms with E-state index in [4.69, 9.17) is 80.0 Å². The van der Waals surface area contributed by atoms with E-state index in [9.17, 15) is 24.5 Å². The molecule has 5 rings (SSSR count). The standard InChI is InChI=1S/C15H19NO6.C10H16O4.C8H16O3.C7HClO4.C5H12O3.CH2O.H3N/c1-15(2)21-10-13(22-15)4-3-9-20-14(17)11-5-7-12(8-6-11)16(18)19;1-7(11)12-5-8-4-10(8)6-13-9(2,3)14-10;1-8(2)10-6-7(11-8)4-3-5-9;8-7(9)11-5-3-1-2-4-6-12-10;6-3-1-2-5(8)4-7;1-2;/h5-8,13H,3-4,9-10H2,1-2H3;8H,4-6H2,1-3H3;7,9H,3-6H2,1-2H3;10H;5-8H,1-4H2;1H2;1H3/p+1. The Hall–Kier alpha value is -5.01. The smallest absolute Gasteiger partial charge is 0.465 e. The Labute approximate surface area is 414 Å². The predicted molar refractivity (Wildman–Crippen MR) is 249 cm³/mol. The van der Waals surface area contributed by atoms with Gasteiger partial charge in [0.05, 0.1) is 68.4 Å². The van der Waals surface area contributed by atoms with Gasteiger partial charge in [-0.1, -0.05) is 0 Å². The van der Waals surface area contributed by atoms with E-state index in [0.29, 0.717) is 57.2 Å². The van der Waals surface area contributed by atoms with Gasteiger partial charge in [0.2, 0.25) is 0 Å². The van der Waals surface area contributed by atoms with Crippen LogP contribution in [-0.2, 0) is 57.1 Å². The normalized spacial score (nSPS) is 21.1. The third kappa shape index (κ3) is 31.3. The van der Waals surface area contributed by atoms with E-state index in [-0.39, 0.29) is 63.5 Å². The van der Waals surface area contributed by atoms with Crippen LogP contribution in [0.15, 0.2) is 24.3 Å². The fourth-order valence-corrected chi connectivity index (χ4v) is 6.00. The summed E-state index contributed by atoms with van der Waals surface area (Å²) < 4.78 is 47.3. The lowest BCUT2D eigenvalue weighted by Gasteiger charge is -2.17. The molecule has 0 aromatic heterocycles. The van der Waals surface area contributed by atoms with E-state index in [1.807, 2.05) is 54.4 Å². The lowest BCUT2D eigenvalue weighted by Crippen LogP contribution is -2.24. The highest BCUT2D eigenvalue weighted by Gasteiger charge is 2.62. The van der Waals surface area contributed by atoms with Crippen molar-refractivity contribution in [2.75, 3.05) is 52.9 Å². The van der Waals surface area contributed by atoms with Crippen molar-refractivity contribution >= 4 is 41.4 Å². The summed E-state index contributed by atoms with van der Waals surface area (Å²) in [7, 11) is 0. The molecule has 24 heteroatoms. The predicted octanol–water partition coefficient (Wildman–Crippen LogP) is 4.66. The zero-order chi connectivity index (χ0) is 52.5. The number of rotatable bonds is 15. The maximum absolute atomic E-state index is 11.8. The highest BCUT2D eigenvalue weighted by atomic mass is 35.5. The number of carbonyl (C=O) groups is 4. The molecule has 1 saturated carbocycles. The summed E-state index contributed by atoms with van der Waals surface area (Å²) in [5.41, 5.74) is -0.960. The van der Waals surface area contributed by atoms with Gasteiger partial charge in [0.1, 0.15) is 18.5 Å². The summed E-state index contributed by atoms with van der Waals surface area (Å²) in [6.45, 7) is 17.4. The molecule has 0 bridgehead atoms. The summed E-state index contributed by atoms with van der Waals surface area (Å²) in [5.74, 6) is 6.64. The average Bonchev–Trinajstić information content (AvgIpc) is 3.46. The van der Waals surface area contributed by atoms with Crippen LogP contribution >= 0.6 is 11.6 Å². The molecule has 1 aliphatic carbocycles. The van der Waals surface area contributed by atoms with Crippen LogP contribution in [-0.4, -0.2) is 149 Å². The van der Waals surface area contributed by atoms with Crippen molar-refractivity contribution in [2.24, 2.45) is 5.92 Å². The molecule has 70 heavy (non-hydrogen) atoms. The van der Waals surface area contributed by atoms with E-state index in [1.165, 1.54) is 31.2 Å². The topological polar surface area (TPSA) is 340 Å². The fraction of sp³-hybridized carbons (Fsp3) is 0.652. The summed E-state index contributed by atoms with van der Waals surface area (Å²) in [6.07, 6.45) is 8.28. The number of hydrogen-bond acceptors (Lipinski definition) is 22. The molecule has 5 atom stereocenters. The van der Waals surface area contributed by atoms with Crippen LogP contribution in [0.5, 0.6) is 0 Å². The van der Waals surface area contributed by atoms with E-state index in [2.05, 4.69) is 33.3 Å². The molecular weight excluding hydrogens is 952 g/mol. The summed E-state index contributed by atoms with van der Waals surface area (Å²) >= 11 is 4.75. The number of aliphatic hydroxyl groups is 4. The minimum atomic E-state index is -1.03.